The van der Waals surface area contributed by atoms with Gasteiger partial charge in [-0.05, 0) is 71.8 Å². The number of nitrogens with zero attached hydrogens (tertiary/aromatic N) is 1. The third kappa shape index (κ3) is 2.94. The van der Waals surface area contributed by atoms with Gasteiger partial charge in [0.1, 0.15) is 0 Å². The lowest BCUT2D eigenvalue weighted by Gasteiger charge is -2.03. The van der Waals surface area contributed by atoms with Crippen molar-refractivity contribution in [2.24, 2.45) is 0 Å². The van der Waals surface area contributed by atoms with Gasteiger partial charge in [-0.2, -0.15) is 0 Å². The van der Waals surface area contributed by atoms with Crippen molar-refractivity contribution in [3.63, 3.8) is 0 Å². The summed E-state index contributed by atoms with van der Waals surface area (Å²) in [5.41, 5.74) is 4.05. The molecule has 106 valence electrons. The number of anilines is 1. The maximum Gasteiger partial charge on any atom is 0.258 e. The van der Waals surface area contributed by atoms with Gasteiger partial charge in [0.05, 0.1) is 15.8 Å². The Kier molecular flexibility index (Phi) is 3.95. The zero-order valence-electron chi connectivity index (χ0n) is 11.6. The number of hydrogen-bond acceptors (Lipinski definition) is 3. The highest BCUT2D eigenvalue weighted by atomic mass is 127. The second-order valence-electron chi connectivity index (χ2n) is 4.86. The van der Waals surface area contributed by atoms with Crippen molar-refractivity contribution in [2.45, 2.75) is 13.8 Å². The summed E-state index contributed by atoms with van der Waals surface area (Å²) in [6, 6.07) is 11.7. The van der Waals surface area contributed by atoms with Crippen LogP contribution in [0.15, 0.2) is 36.4 Å². The third-order valence-electron chi connectivity index (χ3n) is 3.34. The van der Waals surface area contributed by atoms with Crippen molar-refractivity contribution < 1.29 is 4.79 Å². The van der Waals surface area contributed by atoms with E-state index in [2.05, 4.69) is 58.9 Å². The van der Waals surface area contributed by atoms with Crippen molar-refractivity contribution in [3.05, 3.63) is 56.7 Å². The number of halogens is 1. The molecular formula is C16H13IN2OS. The molecular weight excluding hydrogens is 395 g/mol. The molecule has 0 saturated carbocycles. The predicted octanol–water partition coefficient (Wildman–Crippen LogP) is 4.77. The Morgan fingerprint density at radius 1 is 1.19 bits per heavy atom. The molecule has 0 bridgehead atoms. The summed E-state index contributed by atoms with van der Waals surface area (Å²) in [4.78, 5) is 16.8. The number of hydrogen-bond donors (Lipinski definition) is 1. The highest BCUT2D eigenvalue weighted by molar-refractivity contribution is 14.1. The maximum absolute atomic E-state index is 12.3. The smallest absolute Gasteiger partial charge is 0.258 e. The number of carbonyl (C=O) groups is 1. The van der Waals surface area contributed by atoms with E-state index in [0.717, 1.165) is 13.8 Å². The van der Waals surface area contributed by atoms with Crippen LogP contribution in [0.25, 0.3) is 10.2 Å². The topological polar surface area (TPSA) is 42.0 Å². The summed E-state index contributed by atoms with van der Waals surface area (Å²) in [5, 5.41) is 3.53. The first-order chi connectivity index (χ1) is 10.0. The van der Waals surface area contributed by atoms with E-state index in [4.69, 9.17) is 0 Å². The molecule has 1 N–H and O–H groups in total. The lowest BCUT2D eigenvalue weighted by Crippen LogP contribution is -2.12. The van der Waals surface area contributed by atoms with Gasteiger partial charge >= 0.3 is 0 Å². The van der Waals surface area contributed by atoms with Crippen LogP contribution in [0.3, 0.4) is 0 Å². The van der Waals surface area contributed by atoms with E-state index >= 15 is 0 Å². The van der Waals surface area contributed by atoms with Gasteiger partial charge in [-0.1, -0.05) is 23.5 Å². The van der Waals surface area contributed by atoms with E-state index in [1.54, 1.807) is 0 Å². The average molecular weight is 408 g/mol. The second kappa shape index (κ2) is 5.73. The van der Waals surface area contributed by atoms with Gasteiger partial charge in [-0.15, -0.1) is 0 Å². The quantitative estimate of drug-likeness (QED) is 0.621. The van der Waals surface area contributed by atoms with Crippen LogP contribution in [0.1, 0.15) is 21.5 Å². The molecule has 3 rings (SSSR count). The minimum Gasteiger partial charge on any atom is -0.298 e. The predicted molar refractivity (Wildman–Crippen MR) is 96.2 cm³/mol. The van der Waals surface area contributed by atoms with Crippen molar-refractivity contribution in [2.75, 3.05) is 5.32 Å². The van der Waals surface area contributed by atoms with Crippen LogP contribution >= 0.6 is 33.9 Å². The van der Waals surface area contributed by atoms with Crippen molar-refractivity contribution in [3.8, 4) is 0 Å². The summed E-state index contributed by atoms with van der Waals surface area (Å²) < 4.78 is 2.02. The Morgan fingerprint density at radius 2 is 1.90 bits per heavy atom. The molecule has 1 amide bonds. The van der Waals surface area contributed by atoms with Gasteiger partial charge in [0.2, 0.25) is 0 Å². The van der Waals surface area contributed by atoms with E-state index in [9.17, 15) is 4.79 Å². The minimum atomic E-state index is -0.118. The van der Waals surface area contributed by atoms with Crippen LogP contribution in [0.5, 0.6) is 0 Å². The van der Waals surface area contributed by atoms with Crippen LogP contribution in [0, 0.1) is 17.4 Å². The zero-order valence-corrected chi connectivity index (χ0v) is 14.6. The van der Waals surface area contributed by atoms with E-state index in [1.807, 2.05) is 24.3 Å². The molecule has 0 radical (unpaired) electrons. The molecule has 0 atom stereocenters. The summed E-state index contributed by atoms with van der Waals surface area (Å²) in [5.74, 6) is -0.118. The molecule has 3 aromatic rings. The SMILES string of the molecule is Cc1cc2nc(NC(=O)c3ccccc3I)sc2cc1C. The molecule has 1 heterocycles. The summed E-state index contributed by atoms with van der Waals surface area (Å²) in [7, 11) is 0. The number of fused-ring (bicyclic) bond motifs is 1. The Morgan fingerprint density at radius 3 is 2.67 bits per heavy atom. The van der Waals surface area contributed by atoms with Crippen molar-refractivity contribution in [1.82, 2.24) is 4.98 Å². The molecule has 0 spiro atoms. The number of aryl methyl sites for hydroxylation is 2. The minimum absolute atomic E-state index is 0.118. The first kappa shape index (κ1) is 14.5. The molecule has 2 aromatic carbocycles. The molecule has 5 heteroatoms. The van der Waals surface area contributed by atoms with Gasteiger partial charge in [-0.3, -0.25) is 10.1 Å². The summed E-state index contributed by atoms with van der Waals surface area (Å²) in [6.07, 6.45) is 0. The van der Waals surface area contributed by atoms with Crippen LogP contribution in [-0.2, 0) is 0 Å². The average Bonchev–Trinajstić information content (AvgIpc) is 2.81. The number of nitrogens with one attached hydrogen (secondary N) is 1. The first-order valence-electron chi connectivity index (χ1n) is 6.48. The summed E-state index contributed by atoms with van der Waals surface area (Å²) in [6.45, 7) is 4.15. The molecule has 3 nitrogen and oxygen atoms in total. The highest BCUT2D eigenvalue weighted by Crippen LogP contribution is 2.28. The fourth-order valence-electron chi connectivity index (χ4n) is 2.04. The number of benzene rings is 2. The number of aromatic nitrogens is 1. The van der Waals surface area contributed by atoms with Gasteiger partial charge in [0, 0.05) is 3.57 Å². The highest BCUT2D eigenvalue weighted by Gasteiger charge is 2.12. The molecule has 0 aliphatic carbocycles. The largest absolute Gasteiger partial charge is 0.298 e. The Labute approximate surface area is 140 Å². The van der Waals surface area contributed by atoms with Crippen LogP contribution < -0.4 is 5.32 Å². The number of amides is 1. The van der Waals surface area contributed by atoms with E-state index in [-0.39, 0.29) is 5.91 Å². The maximum atomic E-state index is 12.3. The Balaban J connectivity index is 1.92. The standard InChI is InChI=1S/C16H13IN2OS/c1-9-7-13-14(8-10(9)2)21-16(18-13)19-15(20)11-5-3-4-6-12(11)17/h3-8H,1-2H3,(H,18,19,20). The van der Waals surface area contributed by atoms with Crippen molar-refractivity contribution in [1.29, 1.82) is 0 Å². The van der Waals surface area contributed by atoms with Crippen LogP contribution in [-0.4, -0.2) is 10.9 Å². The zero-order chi connectivity index (χ0) is 15.0. The molecule has 21 heavy (non-hydrogen) atoms. The fourth-order valence-corrected chi connectivity index (χ4v) is 3.62. The van der Waals surface area contributed by atoms with Gasteiger partial charge in [-0.25, -0.2) is 4.98 Å². The molecule has 0 saturated heterocycles. The number of carbonyl (C=O) groups excluding carboxylic acids is 1. The van der Waals surface area contributed by atoms with Crippen LogP contribution in [0.2, 0.25) is 0 Å². The van der Waals surface area contributed by atoms with E-state index in [0.29, 0.717) is 10.7 Å². The number of rotatable bonds is 2. The lowest BCUT2D eigenvalue weighted by atomic mass is 10.1. The Bertz CT molecular complexity index is 802. The Hall–Kier alpha value is -1.47. The lowest BCUT2D eigenvalue weighted by molar-refractivity contribution is 0.102. The molecule has 0 aliphatic rings. The normalized spacial score (nSPS) is 10.8. The van der Waals surface area contributed by atoms with E-state index in [1.165, 1.54) is 22.5 Å². The second-order valence-corrected chi connectivity index (χ2v) is 7.05. The molecule has 0 aliphatic heterocycles. The number of thiazole rings is 1. The summed E-state index contributed by atoms with van der Waals surface area (Å²) >= 11 is 3.67. The third-order valence-corrected chi connectivity index (χ3v) is 5.22. The molecule has 0 fully saturated rings. The fraction of sp³-hybridized carbons (Fsp3) is 0.125. The monoisotopic (exact) mass is 408 g/mol. The van der Waals surface area contributed by atoms with Crippen LogP contribution in [0.4, 0.5) is 5.13 Å². The molecule has 0 unspecified atom stereocenters. The first-order valence-corrected chi connectivity index (χ1v) is 8.38. The van der Waals surface area contributed by atoms with E-state index < -0.39 is 0 Å². The van der Waals surface area contributed by atoms with Gasteiger partial charge in [0.25, 0.3) is 5.91 Å². The molecule has 1 aromatic heterocycles. The van der Waals surface area contributed by atoms with Gasteiger partial charge in [0.15, 0.2) is 5.13 Å². The van der Waals surface area contributed by atoms with Crippen molar-refractivity contribution >= 4 is 55.2 Å². The van der Waals surface area contributed by atoms with Gasteiger partial charge < -0.3 is 0 Å².